The topological polar surface area (TPSA) is 50.9 Å². The fourth-order valence-electron chi connectivity index (χ4n) is 1.24. The highest BCUT2D eigenvalue weighted by molar-refractivity contribution is 9.10. The van der Waals surface area contributed by atoms with E-state index >= 15 is 0 Å². The van der Waals surface area contributed by atoms with Crippen LogP contribution in [0.3, 0.4) is 0 Å². The minimum atomic E-state index is -0.174. The standard InChI is InChI=1S/C9H7BrClN3O/c10-6-1-2-8(7(11)3-6)14-5-12-13-9(14)4-15/h1-3,5,15H,4H2. The SMILES string of the molecule is OCc1nncn1-c1ccc(Br)cc1Cl. The van der Waals surface area contributed by atoms with Crippen molar-refractivity contribution in [2.24, 2.45) is 0 Å². The molecule has 1 heterocycles. The van der Waals surface area contributed by atoms with Crippen LogP contribution in [0, 0.1) is 0 Å². The van der Waals surface area contributed by atoms with E-state index in [4.69, 9.17) is 16.7 Å². The molecule has 0 saturated carbocycles. The second-order valence-corrected chi connectivity index (χ2v) is 4.19. The van der Waals surface area contributed by atoms with Gasteiger partial charge in [-0.25, -0.2) is 0 Å². The number of halogens is 2. The highest BCUT2D eigenvalue weighted by Crippen LogP contribution is 2.25. The van der Waals surface area contributed by atoms with Gasteiger partial charge in [-0.2, -0.15) is 0 Å². The summed E-state index contributed by atoms with van der Waals surface area (Å²) in [5, 5.41) is 17.1. The number of hydrogen-bond acceptors (Lipinski definition) is 3. The maximum atomic E-state index is 9.04. The molecular formula is C9H7BrClN3O. The molecule has 1 aromatic carbocycles. The predicted molar refractivity (Wildman–Crippen MR) is 60.0 cm³/mol. The van der Waals surface area contributed by atoms with Crippen LogP contribution in [0.5, 0.6) is 0 Å². The predicted octanol–water partition coefficient (Wildman–Crippen LogP) is 2.18. The van der Waals surface area contributed by atoms with E-state index in [0.717, 1.165) is 10.2 Å². The maximum absolute atomic E-state index is 9.04. The van der Waals surface area contributed by atoms with Crippen molar-refractivity contribution < 1.29 is 5.11 Å². The van der Waals surface area contributed by atoms with Crippen molar-refractivity contribution in [3.8, 4) is 5.69 Å². The van der Waals surface area contributed by atoms with Crippen molar-refractivity contribution in [1.82, 2.24) is 14.8 Å². The molecule has 0 aliphatic rings. The summed E-state index contributed by atoms with van der Waals surface area (Å²) >= 11 is 9.38. The molecule has 2 aromatic rings. The first kappa shape index (κ1) is 10.6. The Labute approximate surface area is 99.6 Å². The Kier molecular flexibility index (Phi) is 3.04. The molecule has 0 bridgehead atoms. The van der Waals surface area contributed by atoms with Crippen molar-refractivity contribution in [2.45, 2.75) is 6.61 Å². The fraction of sp³-hybridized carbons (Fsp3) is 0.111. The second-order valence-electron chi connectivity index (χ2n) is 2.87. The van der Waals surface area contributed by atoms with Gasteiger partial charge < -0.3 is 5.11 Å². The van der Waals surface area contributed by atoms with Crippen LogP contribution in [0.2, 0.25) is 5.02 Å². The first-order valence-corrected chi connectivity index (χ1v) is 5.34. The number of aliphatic hydroxyl groups excluding tert-OH is 1. The molecule has 0 aliphatic heterocycles. The van der Waals surface area contributed by atoms with Crippen LogP contribution in [0.1, 0.15) is 5.82 Å². The van der Waals surface area contributed by atoms with Gasteiger partial charge in [0.05, 0.1) is 10.7 Å². The van der Waals surface area contributed by atoms with Crippen LogP contribution >= 0.6 is 27.5 Å². The van der Waals surface area contributed by atoms with E-state index < -0.39 is 0 Å². The van der Waals surface area contributed by atoms with Crippen LogP contribution < -0.4 is 0 Å². The summed E-state index contributed by atoms with van der Waals surface area (Å²) in [7, 11) is 0. The van der Waals surface area contributed by atoms with E-state index in [1.54, 1.807) is 10.6 Å². The van der Waals surface area contributed by atoms with E-state index in [0.29, 0.717) is 10.8 Å². The van der Waals surface area contributed by atoms with Gasteiger partial charge in [-0.15, -0.1) is 10.2 Å². The molecule has 0 fully saturated rings. The Morgan fingerprint density at radius 2 is 2.27 bits per heavy atom. The van der Waals surface area contributed by atoms with Gasteiger partial charge in [0.25, 0.3) is 0 Å². The van der Waals surface area contributed by atoms with Crippen LogP contribution in [-0.2, 0) is 6.61 Å². The van der Waals surface area contributed by atoms with Gasteiger partial charge in [0.15, 0.2) is 5.82 Å². The van der Waals surface area contributed by atoms with Crippen molar-refractivity contribution in [3.63, 3.8) is 0 Å². The average molecular weight is 289 g/mol. The summed E-state index contributed by atoms with van der Waals surface area (Å²) in [5.74, 6) is 0.458. The Balaban J connectivity index is 2.54. The first-order valence-electron chi connectivity index (χ1n) is 4.17. The van der Waals surface area contributed by atoms with Gasteiger partial charge in [-0.1, -0.05) is 27.5 Å². The van der Waals surface area contributed by atoms with E-state index in [1.165, 1.54) is 6.33 Å². The molecule has 4 nitrogen and oxygen atoms in total. The summed E-state index contributed by atoms with van der Waals surface area (Å²) in [6, 6.07) is 5.47. The van der Waals surface area contributed by atoms with Crippen LogP contribution in [0.15, 0.2) is 29.0 Å². The zero-order chi connectivity index (χ0) is 10.8. The minimum absolute atomic E-state index is 0.174. The number of aromatic nitrogens is 3. The van der Waals surface area contributed by atoms with Crippen molar-refractivity contribution in [1.29, 1.82) is 0 Å². The lowest BCUT2D eigenvalue weighted by Crippen LogP contribution is -2.00. The van der Waals surface area contributed by atoms with Crippen LogP contribution in [0.25, 0.3) is 5.69 Å². The lowest BCUT2D eigenvalue weighted by Gasteiger charge is -2.07. The molecule has 2 rings (SSSR count). The zero-order valence-electron chi connectivity index (χ0n) is 7.56. The zero-order valence-corrected chi connectivity index (χ0v) is 9.90. The van der Waals surface area contributed by atoms with E-state index in [9.17, 15) is 0 Å². The lowest BCUT2D eigenvalue weighted by molar-refractivity contribution is 0.269. The normalized spacial score (nSPS) is 10.6. The fourth-order valence-corrected chi connectivity index (χ4v) is 2.01. The molecule has 0 spiro atoms. The van der Waals surface area contributed by atoms with Gasteiger partial charge >= 0.3 is 0 Å². The number of rotatable bonds is 2. The number of benzene rings is 1. The number of aliphatic hydroxyl groups is 1. The number of nitrogens with zero attached hydrogens (tertiary/aromatic N) is 3. The lowest BCUT2D eigenvalue weighted by atomic mass is 10.3. The van der Waals surface area contributed by atoms with Gasteiger partial charge in [-0.05, 0) is 18.2 Å². The average Bonchev–Trinajstić information content (AvgIpc) is 2.65. The third kappa shape index (κ3) is 2.04. The Hall–Kier alpha value is -0.910. The Morgan fingerprint density at radius 1 is 1.47 bits per heavy atom. The molecular weight excluding hydrogens is 281 g/mol. The summed E-state index contributed by atoms with van der Waals surface area (Å²) < 4.78 is 2.55. The molecule has 0 saturated heterocycles. The van der Waals surface area contributed by atoms with Gasteiger partial charge in [0.2, 0.25) is 0 Å². The Bertz CT molecular complexity index is 486. The van der Waals surface area contributed by atoms with Gasteiger partial charge in [0, 0.05) is 4.47 Å². The highest BCUT2D eigenvalue weighted by Gasteiger charge is 2.08. The molecule has 0 aliphatic carbocycles. The molecule has 6 heteroatoms. The van der Waals surface area contributed by atoms with Crippen LogP contribution in [-0.4, -0.2) is 19.9 Å². The highest BCUT2D eigenvalue weighted by atomic mass is 79.9. The molecule has 0 radical (unpaired) electrons. The molecule has 15 heavy (non-hydrogen) atoms. The van der Waals surface area contributed by atoms with Crippen molar-refractivity contribution in [2.75, 3.05) is 0 Å². The summed E-state index contributed by atoms with van der Waals surface area (Å²) in [6.45, 7) is -0.174. The molecule has 1 N–H and O–H groups in total. The molecule has 1 aromatic heterocycles. The number of hydrogen-bond donors (Lipinski definition) is 1. The third-order valence-electron chi connectivity index (χ3n) is 1.93. The first-order chi connectivity index (χ1) is 7.22. The van der Waals surface area contributed by atoms with Gasteiger partial charge in [0.1, 0.15) is 12.9 Å². The second kappa shape index (κ2) is 4.30. The van der Waals surface area contributed by atoms with Crippen molar-refractivity contribution in [3.05, 3.63) is 39.8 Å². The van der Waals surface area contributed by atoms with E-state index in [1.807, 2.05) is 12.1 Å². The quantitative estimate of drug-likeness (QED) is 0.921. The largest absolute Gasteiger partial charge is 0.388 e. The monoisotopic (exact) mass is 287 g/mol. The van der Waals surface area contributed by atoms with Crippen LogP contribution in [0.4, 0.5) is 0 Å². The van der Waals surface area contributed by atoms with E-state index in [-0.39, 0.29) is 6.61 Å². The molecule has 0 unspecified atom stereocenters. The summed E-state index contributed by atoms with van der Waals surface area (Å²) in [5.41, 5.74) is 0.744. The molecule has 0 amide bonds. The summed E-state index contributed by atoms with van der Waals surface area (Å²) in [4.78, 5) is 0. The Morgan fingerprint density at radius 3 is 2.93 bits per heavy atom. The molecule has 0 atom stereocenters. The van der Waals surface area contributed by atoms with E-state index in [2.05, 4.69) is 26.1 Å². The molecule has 78 valence electrons. The van der Waals surface area contributed by atoms with Gasteiger partial charge in [-0.3, -0.25) is 4.57 Å². The third-order valence-corrected chi connectivity index (χ3v) is 2.73. The maximum Gasteiger partial charge on any atom is 0.163 e. The minimum Gasteiger partial charge on any atom is -0.388 e. The smallest absolute Gasteiger partial charge is 0.163 e. The van der Waals surface area contributed by atoms with Crippen molar-refractivity contribution >= 4 is 27.5 Å². The summed E-state index contributed by atoms with van der Waals surface area (Å²) in [6.07, 6.45) is 1.51.